The fourth-order valence-electron chi connectivity index (χ4n) is 2.11. The molecule has 1 amide bonds. The summed E-state index contributed by atoms with van der Waals surface area (Å²) in [6.45, 7) is 0. The fourth-order valence-corrected chi connectivity index (χ4v) is 2.74. The van der Waals surface area contributed by atoms with Crippen LogP contribution in [0.5, 0.6) is 0 Å². The Morgan fingerprint density at radius 2 is 1.58 bits per heavy atom. The Morgan fingerprint density at radius 3 is 2.08 bits per heavy atom. The van der Waals surface area contributed by atoms with E-state index in [1.54, 1.807) is 30.3 Å². The third kappa shape index (κ3) is 4.20. The Balaban J connectivity index is 2.23. The lowest BCUT2D eigenvalue weighted by Gasteiger charge is -2.17. The van der Waals surface area contributed by atoms with Crippen molar-refractivity contribution in [1.82, 2.24) is 5.32 Å². The van der Waals surface area contributed by atoms with E-state index < -0.39 is 27.8 Å². The third-order valence-electron chi connectivity index (χ3n) is 3.39. The average molecular weight is 347 g/mol. The van der Waals surface area contributed by atoms with Crippen LogP contribution in [0.2, 0.25) is 0 Å². The zero-order valence-electron chi connectivity index (χ0n) is 13.2. The van der Waals surface area contributed by atoms with Gasteiger partial charge in [-0.25, -0.2) is 13.2 Å². The topological polar surface area (TPSA) is 89.5 Å². The number of benzene rings is 2. The lowest BCUT2D eigenvalue weighted by atomic mass is 10.1. The van der Waals surface area contributed by atoms with Crippen LogP contribution in [0.3, 0.4) is 0 Å². The van der Waals surface area contributed by atoms with Gasteiger partial charge in [-0.1, -0.05) is 30.3 Å². The molecule has 0 heterocycles. The van der Waals surface area contributed by atoms with Gasteiger partial charge in [0.2, 0.25) is 0 Å². The third-order valence-corrected chi connectivity index (χ3v) is 4.52. The smallest absolute Gasteiger partial charge is 0.333 e. The fraction of sp³-hybridized carbons (Fsp3) is 0.176. The molecule has 0 unspecified atom stereocenters. The van der Waals surface area contributed by atoms with E-state index in [-0.39, 0.29) is 10.5 Å². The summed E-state index contributed by atoms with van der Waals surface area (Å²) in [6.07, 6.45) is 1.09. The maximum Gasteiger partial charge on any atom is 0.333 e. The Kier molecular flexibility index (Phi) is 5.35. The molecule has 2 rings (SSSR count). The number of sulfone groups is 1. The van der Waals surface area contributed by atoms with Crippen molar-refractivity contribution in [1.29, 1.82) is 0 Å². The standard InChI is InChI=1S/C17H17NO5S/c1-23-17(20)15(12-6-4-3-5-7-12)18-16(19)13-8-10-14(11-9-13)24(2,21)22/h3-11,15H,1-2H3,(H,18,19)/t15-/m0/s1. The number of esters is 1. The van der Waals surface area contributed by atoms with Gasteiger partial charge in [-0.05, 0) is 29.8 Å². The van der Waals surface area contributed by atoms with Crippen molar-refractivity contribution in [3.8, 4) is 0 Å². The lowest BCUT2D eigenvalue weighted by molar-refractivity contribution is -0.143. The molecule has 0 aliphatic rings. The molecular weight excluding hydrogens is 330 g/mol. The molecular formula is C17H17NO5S. The molecule has 6 nitrogen and oxygen atoms in total. The van der Waals surface area contributed by atoms with Crippen molar-refractivity contribution in [2.75, 3.05) is 13.4 Å². The molecule has 0 fully saturated rings. The predicted molar refractivity (Wildman–Crippen MR) is 88.2 cm³/mol. The van der Waals surface area contributed by atoms with Crippen molar-refractivity contribution in [2.24, 2.45) is 0 Å². The molecule has 2 aromatic rings. The minimum atomic E-state index is -3.33. The molecule has 0 aliphatic heterocycles. The molecule has 126 valence electrons. The second-order valence-electron chi connectivity index (χ2n) is 5.14. The van der Waals surface area contributed by atoms with E-state index in [4.69, 9.17) is 4.74 Å². The number of methoxy groups -OCH3 is 1. The van der Waals surface area contributed by atoms with Crippen LogP contribution in [0, 0.1) is 0 Å². The summed E-state index contributed by atoms with van der Waals surface area (Å²) in [5, 5.41) is 2.60. The van der Waals surface area contributed by atoms with Gasteiger partial charge in [0, 0.05) is 11.8 Å². The number of carbonyl (C=O) groups excluding carboxylic acids is 2. The quantitative estimate of drug-likeness (QED) is 0.832. The van der Waals surface area contributed by atoms with Gasteiger partial charge in [0.05, 0.1) is 12.0 Å². The largest absolute Gasteiger partial charge is 0.467 e. The molecule has 7 heteroatoms. The zero-order valence-corrected chi connectivity index (χ0v) is 14.0. The molecule has 2 aromatic carbocycles. The van der Waals surface area contributed by atoms with E-state index in [9.17, 15) is 18.0 Å². The number of hydrogen-bond donors (Lipinski definition) is 1. The highest BCUT2D eigenvalue weighted by Gasteiger charge is 2.24. The maximum absolute atomic E-state index is 12.3. The van der Waals surface area contributed by atoms with E-state index in [0.29, 0.717) is 5.56 Å². The number of amides is 1. The highest BCUT2D eigenvalue weighted by molar-refractivity contribution is 7.90. The minimum absolute atomic E-state index is 0.117. The van der Waals surface area contributed by atoms with Crippen LogP contribution >= 0.6 is 0 Å². The normalized spacial score (nSPS) is 12.2. The van der Waals surface area contributed by atoms with Crippen LogP contribution in [-0.2, 0) is 19.4 Å². The van der Waals surface area contributed by atoms with Crippen LogP contribution < -0.4 is 5.32 Å². The lowest BCUT2D eigenvalue weighted by Crippen LogP contribution is -2.34. The van der Waals surface area contributed by atoms with Gasteiger partial charge in [-0.15, -0.1) is 0 Å². The monoisotopic (exact) mass is 347 g/mol. The van der Waals surface area contributed by atoms with Crippen molar-refractivity contribution in [3.63, 3.8) is 0 Å². The van der Waals surface area contributed by atoms with Gasteiger partial charge in [0.1, 0.15) is 0 Å². The molecule has 1 N–H and O–H groups in total. The van der Waals surface area contributed by atoms with Crippen molar-refractivity contribution in [3.05, 3.63) is 65.7 Å². The summed E-state index contributed by atoms with van der Waals surface area (Å²) in [5.41, 5.74) is 0.831. The van der Waals surface area contributed by atoms with Crippen molar-refractivity contribution >= 4 is 21.7 Å². The van der Waals surface area contributed by atoms with E-state index >= 15 is 0 Å². The van der Waals surface area contributed by atoms with Crippen LogP contribution in [-0.4, -0.2) is 33.7 Å². The Bertz CT molecular complexity index is 829. The number of ether oxygens (including phenoxy) is 1. The second kappa shape index (κ2) is 7.27. The minimum Gasteiger partial charge on any atom is -0.467 e. The molecule has 0 aromatic heterocycles. The zero-order chi connectivity index (χ0) is 17.7. The molecule has 0 aliphatic carbocycles. The Labute approximate surface area is 140 Å². The molecule has 24 heavy (non-hydrogen) atoms. The Morgan fingerprint density at radius 1 is 1.00 bits per heavy atom. The van der Waals surface area contributed by atoms with E-state index in [0.717, 1.165) is 6.26 Å². The predicted octanol–water partition coefficient (Wildman–Crippen LogP) is 1.73. The summed E-state index contributed by atoms with van der Waals surface area (Å²) in [6, 6.07) is 13.2. The second-order valence-corrected chi connectivity index (χ2v) is 7.15. The first kappa shape index (κ1) is 17.7. The van der Waals surface area contributed by atoms with Crippen LogP contribution in [0.15, 0.2) is 59.5 Å². The summed E-state index contributed by atoms with van der Waals surface area (Å²) < 4.78 is 27.6. The summed E-state index contributed by atoms with van der Waals surface area (Å²) in [5.74, 6) is -1.10. The van der Waals surface area contributed by atoms with Gasteiger partial charge >= 0.3 is 5.97 Å². The van der Waals surface area contributed by atoms with Gasteiger partial charge in [0.15, 0.2) is 15.9 Å². The van der Waals surface area contributed by atoms with Gasteiger partial charge in [-0.2, -0.15) is 0 Å². The molecule has 0 saturated heterocycles. The highest BCUT2D eigenvalue weighted by Crippen LogP contribution is 2.16. The van der Waals surface area contributed by atoms with E-state index in [2.05, 4.69) is 5.32 Å². The van der Waals surface area contributed by atoms with Crippen LogP contribution in [0.25, 0.3) is 0 Å². The molecule has 1 atom stereocenters. The van der Waals surface area contributed by atoms with Gasteiger partial charge in [0.25, 0.3) is 5.91 Å². The number of nitrogens with one attached hydrogen (secondary N) is 1. The van der Waals surface area contributed by atoms with E-state index in [1.165, 1.54) is 31.4 Å². The molecule has 0 radical (unpaired) electrons. The van der Waals surface area contributed by atoms with Gasteiger partial charge < -0.3 is 10.1 Å². The maximum atomic E-state index is 12.3. The number of rotatable bonds is 5. The van der Waals surface area contributed by atoms with Crippen molar-refractivity contribution < 1.29 is 22.7 Å². The van der Waals surface area contributed by atoms with E-state index in [1.807, 2.05) is 0 Å². The molecule has 0 saturated carbocycles. The summed E-state index contributed by atoms with van der Waals surface area (Å²) in [7, 11) is -2.09. The first-order chi connectivity index (χ1) is 11.3. The van der Waals surface area contributed by atoms with Gasteiger partial charge in [-0.3, -0.25) is 4.79 Å². The first-order valence-corrected chi connectivity index (χ1v) is 8.96. The molecule has 0 bridgehead atoms. The van der Waals surface area contributed by atoms with Crippen LogP contribution in [0.1, 0.15) is 22.0 Å². The first-order valence-electron chi connectivity index (χ1n) is 7.06. The molecule has 0 spiro atoms. The Hall–Kier alpha value is -2.67. The van der Waals surface area contributed by atoms with Crippen LogP contribution in [0.4, 0.5) is 0 Å². The van der Waals surface area contributed by atoms with Crippen molar-refractivity contribution in [2.45, 2.75) is 10.9 Å². The highest BCUT2D eigenvalue weighted by atomic mass is 32.2. The summed E-state index contributed by atoms with van der Waals surface area (Å²) >= 11 is 0. The SMILES string of the molecule is COC(=O)[C@@H](NC(=O)c1ccc(S(C)(=O)=O)cc1)c1ccccc1. The number of carbonyl (C=O) groups is 2. The number of hydrogen-bond acceptors (Lipinski definition) is 5. The summed E-state index contributed by atoms with van der Waals surface area (Å²) in [4.78, 5) is 24.4. The average Bonchev–Trinajstić information content (AvgIpc) is 2.59.